The second kappa shape index (κ2) is 8.25. The van der Waals surface area contributed by atoms with E-state index in [-0.39, 0.29) is 17.5 Å². The van der Waals surface area contributed by atoms with Crippen molar-refractivity contribution >= 4 is 21.8 Å². The molecule has 0 spiro atoms. The van der Waals surface area contributed by atoms with Crippen LogP contribution in [0.5, 0.6) is 5.75 Å². The number of ether oxygens (including phenoxy) is 1. The van der Waals surface area contributed by atoms with Crippen LogP contribution >= 0.6 is 15.9 Å². The highest BCUT2D eigenvalue weighted by Gasteiger charge is 2.24. The van der Waals surface area contributed by atoms with Crippen LogP contribution in [0.15, 0.2) is 18.2 Å². The Labute approximate surface area is 128 Å². The standard InChI is InChI=1S/C15H21BrFNO2/c1-4-11(5-2)18(9-8-16)15(19)13-7-6-12(20-3)10-14(13)17/h6-7,10-11H,4-5,8-9H2,1-3H3. The van der Waals surface area contributed by atoms with Crippen molar-refractivity contribution in [3.63, 3.8) is 0 Å². The van der Waals surface area contributed by atoms with Gasteiger partial charge in [0.25, 0.3) is 5.91 Å². The maximum absolute atomic E-state index is 14.0. The molecule has 0 N–H and O–H groups in total. The summed E-state index contributed by atoms with van der Waals surface area (Å²) in [6.45, 7) is 4.64. The van der Waals surface area contributed by atoms with Gasteiger partial charge >= 0.3 is 0 Å². The fourth-order valence-corrected chi connectivity index (χ4v) is 2.60. The molecule has 0 saturated heterocycles. The van der Waals surface area contributed by atoms with Gasteiger partial charge in [-0.05, 0) is 25.0 Å². The van der Waals surface area contributed by atoms with Crippen LogP contribution in [0.2, 0.25) is 0 Å². The van der Waals surface area contributed by atoms with E-state index in [4.69, 9.17) is 4.74 Å². The Kier molecular flexibility index (Phi) is 6.99. The lowest BCUT2D eigenvalue weighted by Crippen LogP contribution is -2.41. The van der Waals surface area contributed by atoms with Crippen molar-refractivity contribution < 1.29 is 13.9 Å². The van der Waals surface area contributed by atoms with E-state index in [1.54, 1.807) is 11.0 Å². The quantitative estimate of drug-likeness (QED) is 0.702. The molecule has 0 bridgehead atoms. The van der Waals surface area contributed by atoms with E-state index in [1.807, 2.05) is 13.8 Å². The van der Waals surface area contributed by atoms with Crippen LogP contribution in [-0.4, -0.2) is 35.8 Å². The minimum atomic E-state index is -0.542. The zero-order valence-electron chi connectivity index (χ0n) is 12.2. The SMILES string of the molecule is CCC(CC)N(CCBr)C(=O)c1ccc(OC)cc1F. The van der Waals surface area contributed by atoms with Crippen LogP contribution in [0.4, 0.5) is 4.39 Å². The summed E-state index contributed by atoms with van der Waals surface area (Å²) < 4.78 is 19.0. The number of nitrogens with zero attached hydrogens (tertiary/aromatic N) is 1. The first-order valence-electron chi connectivity index (χ1n) is 6.79. The molecule has 0 saturated carbocycles. The van der Waals surface area contributed by atoms with Gasteiger partial charge in [-0.2, -0.15) is 0 Å². The highest BCUT2D eigenvalue weighted by molar-refractivity contribution is 9.09. The topological polar surface area (TPSA) is 29.5 Å². The van der Waals surface area contributed by atoms with Gasteiger partial charge < -0.3 is 9.64 Å². The molecule has 1 aromatic carbocycles. The second-order valence-corrected chi connectivity index (χ2v) is 5.30. The van der Waals surface area contributed by atoms with Crippen molar-refractivity contribution in [1.29, 1.82) is 0 Å². The zero-order valence-corrected chi connectivity index (χ0v) is 13.7. The van der Waals surface area contributed by atoms with E-state index in [9.17, 15) is 9.18 Å². The summed E-state index contributed by atoms with van der Waals surface area (Å²) in [6, 6.07) is 4.46. The van der Waals surface area contributed by atoms with Gasteiger partial charge in [-0.3, -0.25) is 4.79 Å². The highest BCUT2D eigenvalue weighted by Crippen LogP contribution is 2.20. The highest BCUT2D eigenvalue weighted by atomic mass is 79.9. The van der Waals surface area contributed by atoms with Crippen molar-refractivity contribution in [2.45, 2.75) is 32.7 Å². The van der Waals surface area contributed by atoms with E-state index >= 15 is 0 Å². The molecule has 0 fully saturated rings. The largest absolute Gasteiger partial charge is 0.497 e. The van der Waals surface area contributed by atoms with Crippen LogP contribution in [-0.2, 0) is 0 Å². The summed E-state index contributed by atoms with van der Waals surface area (Å²) >= 11 is 3.35. The molecule has 1 aromatic rings. The van der Waals surface area contributed by atoms with Gasteiger partial charge in [0.2, 0.25) is 0 Å². The summed E-state index contributed by atoms with van der Waals surface area (Å²) in [4.78, 5) is 14.3. The lowest BCUT2D eigenvalue weighted by molar-refractivity contribution is 0.0678. The van der Waals surface area contributed by atoms with Gasteiger partial charge in [0.05, 0.1) is 12.7 Å². The Balaban J connectivity index is 3.05. The molecular formula is C15H21BrFNO2. The minimum Gasteiger partial charge on any atom is -0.497 e. The number of hydrogen-bond donors (Lipinski definition) is 0. The number of methoxy groups -OCH3 is 1. The molecule has 3 nitrogen and oxygen atoms in total. The Morgan fingerprint density at radius 2 is 2.05 bits per heavy atom. The predicted octanol–water partition coefficient (Wildman–Crippen LogP) is 3.86. The Bertz CT molecular complexity index is 449. The number of halogens is 2. The van der Waals surface area contributed by atoms with Gasteiger partial charge in [0.1, 0.15) is 11.6 Å². The fraction of sp³-hybridized carbons (Fsp3) is 0.533. The third-order valence-electron chi connectivity index (χ3n) is 3.38. The summed E-state index contributed by atoms with van der Waals surface area (Å²) in [5.74, 6) is -0.396. The number of hydrogen-bond acceptors (Lipinski definition) is 2. The van der Waals surface area contributed by atoms with Crippen LogP contribution in [0, 0.1) is 5.82 Å². The van der Waals surface area contributed by atoms with Crippen LogP contribution < -0.4 is 4.74 Å². The van der Waals surface area contributed by atoms with Crippen LogP contribution in [0.25, 0.3) is 0 Å². The van der Waals surface area contributed by atoms with Crippen molar-refractivity contribution in [2.75, 3.05) is 19.0 Å². The number of alkyl halides is 1. The zero-order chi connectivity index (χ0) is 15.1. The Morgan fingerprint density at radius 1 is 1.40 bits per heavy atom. The van der Waals surface area contributed by atoms with Gasteiger partial charge in [-0.15, -0.1) is 0 Å². The molecule has 0 aliphatic carbocycles. The molecule has 0 atom stereocenters. The van der Waals surface area contributed by atoms with Gasteiger partial charge in [0, 0.05) is 24.0 Å². The summed E-state index contributed by atoms with van der Waals surface area (Å²) in [5, 5.41) is 0.674. The first kappa shape index (κ1) is 17.0. The Hall–Kier alpha value is -1.10. The third kappa shape index (κ3) is 3.95. The van der Waals surface area contributed by atoms with Gasteiger partial charge in [-0.1, -0.05) is 29.8 Å². The van der Waals surface area contributed by atoms with Gasteiger partial charge in [-0.25, -0.2) is 4.39 Å². The number of rotatable bonds is 7. The lowest BCUT2D eigenvalue weighted by Gasteiger charge is -2.30. The number of amides is 1. The lowest BCUT2D eigenvalue weighted by atomic mass is 10.1. The summed E-state index contributed by atoms with van der Waals surface area (Å²) in [6.07, 6.45) is 1.71. The number of benzene rings is 1. The molecule has 0 aliphatic rings. The predicted molar refractivity (Wildman–Crippen MR) is 82.2 cm³/mol. The second-order valence-electron chi connectivity index (χ2n) is 4.50. The Morgan fingerprint density at radius 3 is 2.50 bits per heavy atom. The monoisotopic (exact) mass is 345 g/mol. The molecule has 1 amide bonds. The number of carbonyl (C=O) groups excluding carboxylic acids is 1. The molecule has 5 heteroatoms. The van der Waals surface area contributed by atoms with E-state index < -0.39 is 5.82 Å². The molecule has 0 radical (unpaired) electrons. The number of carbonyl (C=O) groups is 1. The fourth-order valence-electron chi connectivity index (χ4n) is 2.22. The third-order valence-corrected chi connectivity index (χ3v) is 3.73. The van der Waals surface area contributed by atoms with Crippen molar-refractivity contribution in [2.24, 2.45) is 0 Å². The van der Waals surface area contributed by atoms with E-state index in [0.717, 1.165) is 12.8 Å². The molecule has 1 rings (SSSR count). The van der Waals surface area contributed by atoms with Gasteiger partial charge in [0.15, 0.2) is 0 Å². The van der Waals surface area contributed by atoms with Crippen molar-refractivity contribution in [1.82, 2.24) is 4.90 Å². The summed E-state index contributed by atoms with van der Waals surface area (Å²) in [5.41, 5.74) is 0.0960. The van der Waals surface area contributed by atoms with Crippen LogP contribution in [0.1, 0.15) is 37.0 Å². The molecule has 0 aromatic heterocycles. The smallest absolute Gasteiger partial charge is 0.257 e. The minimum absolute atomic E-state index is 0.0960. The maximum Gasteiger partial charge on any atom is 0.257 e. The van der Waals surface area contributed by atoms with Crippen molar-refractivity contribution in [3.8, 4) is 5.75 Å². The summed E-state index contributed by atoms with van der Waals surface area (Å²) in [7, 11) is 1.47. The first-order chi connectivity index (χ1) is 9.58. The van der Waals surface area contributed by atoms with Crippen LogP contribution in [0.3, 0.4) is 0 Å². The molecule has 112 valence electrons. The van der Waals surface area contributed by atoms with Crippen molar-refractivity contribution in [3.05, 3.63) is 29.6 Å². The normalized spacial score (nSPS) is 10.7. The van der Waals surface area contributed by atoms with E-state index in [2.05, 4.69) is 15.9 Å². The molecule has 0 aliphatic heterocycles. The molecule has 0 heterocycles. The maximum atomic E-state index is 14.0. The molecule has 0 unspecified atom stereocenters. The molecule has 20 heavy (non-hydrogen) atoms. The average Bonchev–Trinajstić information content (AvgIpc) is 2.46. The van der Waals surface area contributed by atoms with E-state index in [1.165, 1.54) is 19.2 Å². The molecular weight excluding hydrogens is 325 g/mol. The first-order valence-corrected chi connectivity index (χ1v) is 7.91. The average molecular weight is 346 g/mol. The van der Waals surface area contributed by atoms with E-state index in [0.29, 0.717) is 17.6 Å².